The quantitative estimate of drug-likeness (QED) is 0.678. The van der Waals surface area contributed by atoms with Crippen molar-refractivity contribution in [2.75, 3.05) is 19.5 Å². The van der Waals surface area contributed by atoms with Crippen molar-refractivity contribution in [3.05, 3.63) is 29.3 Å². The van der Waals surface area contributed by atoms with Crippen LogP contribution in [-0.4, -0.2) is 31.0 Å². The Labute approximate surface area is 117 Å². The van der Waals surface area contributed by atoms with Crippen LogP contribution in [0.3, 0.4) is 0 Å². The molecule has 5 heteroatoms. The van der Waals surface area contributed by atoms with E-state index in [1.807, 2.05) is 23.9 Å². The van der Waals surface area contributed by atoms with Gasteiger partial charge in [0.1, 0.15) is 0 Å². The molecule has 0 spiro atoms. The van der Waals surface area contributed by atoms with Gasteiger partial charge in [-0.25, -0.2) is 4.79 Å². The predicted molar refractivity (Wildman–Crippen MR) is 77.3 cm³/mol. The van der Waals surface area contributed by atoms with E-state index in [0.717, 1.165) is 24.3 Å². The number of anilines is 1. The fourth-order valence-corrected chi connectivity index (χ4v) is 3.47. The smallest absolute Gasteiger partial charge is 0.340 e. The fraction of sp³-hybridized carbons (Fsp3) is 0.500. The molecule has 0 aromatic heterocycles. The van der Waals surface area contributed by atoms with Crippen molar-refractivity contribution in [2.24, 2.45) is 0 Å². The van der Waals surface area contributed by atoms with Crippen LogP contribution in [0, 0.1) is 0 Å². The third-order valence-electron chi connectivity index (χ3n) is 3.33. The number of esters is 1. The molecular formula is C14H19NO3S. The van der Waals surface area contributed by atoms with E-state index < -0.39 is 0 Å². The first kappa shape index (κ1) is 14.2. The number of carbonyl (C=O) groups is 1. The summed E-state index contributed by atoms with van der Waals surface area (Å²) in [5.41, 5.74) is 7.76. The van der Waals surface area contributed by atoms with Crippen LogP contribution in [0.2, 0.25) is 0 Å². The molecule has 0 amide bonds. The lowest BCUT2D eigenvalue weighted by Gasteiger charge is -2.15. The average Bonchev–Trinajstić information content (AvgIpc) is 2.81. The van der Waals surface area contributed by atoms with Gasteiger partial charge in [-0.2, -0.15) is 11.8 Å². The highest BCUT2D eigenvalue weighted by Crippen LogP contribution is 2.31. The maximum atomic E-state index is 11.8. The maximum absolute atomic E-state index is 11.8. The van der Waals surface area contributed by atoms with E-state index in [9.17, 15) is 4.79 Å². The van der Waals surface area contributed by atoms with E-state index in [1.165, 1.54) is 7.11 Å². The molecule has 2 N–H and O–H groups in total. The number of rotatable bonds is 4. The van der Waals surface area contributed by atoms with Gasteiger partial charge >= 0.3 is 5.97 Å². The van der Waals surface area contributed by atoms with E-state index in [-0.39, 0.29) is 12.1 Å². The van der Waals surface area contributed by atoms with E-state index in [0.29, 0.717) is 16.5 Å². The first-order valence-electron chi connectivity index (χ1n) is 6.32. The summed E-state index contributed by atoms with van der Waals surface area (Å²) in [5.74, 6) is 0.373. The molecule has 4 nitrogen and oxygen atoms in total. The van der Waals surface area contributed by atoms with Gasteiger partial charge in [0.15, 0.2) is 0 Å². The van der Waals surface area contributed by atoms with Crippen LogP contribution in [0.25, 0.3) is 0 Å². The monoisotopic (exact) mass is 281 g/mol. The van der Waals surface area contributed by atoms with Crippen molar-refractivity contribution in [3.8, 4) is 0 Å². The van der Waals surface area contributed by atoms with Crippen molar-refractivity contribution >= 4 is 23.4 Å². The van der Waals surface area contributed by atoms with Crippen LogP contribution in [0.1, 0.15) is 29.3 Å². The van der Waals surface area contributed by atoms with Gasteiger partial charge in [0.25, 0.3) is 0 Å². The normalized spacial score (nSPS) is 22.4. The Morgan fingerprint density at radius 2 is 2.37 bits per heavy atom. The van der Waals surface area contributed by atoms with E-state index in [4.69, 9.17) is 15.2 Å². The number of methoxy groups -OCH3 is 1. The summed E-state index contributed by atoms with van der Waals surface area (Å²) in [5, 5.41) is 0.479. The van der Waals surface area contributed by atoms with E-state index in [2.05, 4.69) is 6.92 Å². The van der Waals surface area contributed by atoms with Crippen molar-refractivity contribution < 1.29 is 14.3 Å². The van der Waals surface area contributed by atoms with Gasteiger partial charge in [-0.05, 0) is 25.0 Å². The predicted octanol–water partition coefficient (Wildman–Crippen LogP) is 2.47. The van der Waals surface area contributed by atoms with Crippen molar-refractivity contribution in [2.45, 2.75) is 30.5 Å². The second-order valence-corrected chi connectivity index (χ2v) is 5.81. The molecule has 1 aliphatic rings. The van der Waals surface area contributed by atoms with E-state index in [1.54, 1.807) is 6.07 Å². The lowest BCUT2D eigenvalue weighted by atomic mass is 10.1. The van der Waals surface area contributed by atoms with Gasteiger partial charge in [0.2, 0.25) is 0 Å². The molecule has 0 aliphatic carbocycles. The number of ether oxygens (including phenoxy) is 2. The third-order valence-corrected chi connectivity index (χ3v) is 4.86. The number of nitrogen functional groups attached to an aromatic ring is 1. The molecule has 1 saturated heterocycles. The van der Waals surface area contributed by atoms with Crippen LogP contribution >= 0.6 is 11.8 Å². The molecule has 1 fully saturated rings. The first-order valence-corrected chi connectivity index (χ1v) is 7.37. The van der Waals surface area contributed by atoms with Crippen molar-refractivity contribution in [1.82, 2.24) is 0 Å². The zero-order valence-electron chi connectivity index (χ0n) is 11.2. The summed E-state index contributed by atoms with van der Waals surface area (Å²) in [7, 11) is 1.37. The molecule has 1 aromatic carbocycles. The van der Waals surface area contributed by atoms with Gasteiger partial charge < -0.3 is 15.2 Å². The Morgan fingerprint density at radius 3 is 3.00 bits per heavy atom. The second-order valence-electron chi connectivity index (χ2n) is 4.59. The summed E-state index contributed by atoms with van der Waals surface area (Å²) in [6.45, 7) is 2.91. The van der Waals surface area contributed by atoms with Crippen LogP contribution in [0.4, 0.5) is 5.69 Å². The molecule has 1 aromatic rings. The number of nitrogens with two attached hydrogens (primary N) is 1. The zero-order valence-corrected chi connectivity index (χ0v) is 12.0. The summed E-state index contributed by atoms with van der Waals surface area (Å²) in [6, 6.07) is 5.52. The number of hydrogen-bond acceptors (Lipinski definition) is 5. The third kappa shape index (κ3) is 3.22. The van der Waals surface area contributed by atoms with E-state index >= 15 is 0 Å². The molecule has 1 heterocycles. The Balaban J connectivity index is 2.11. The lowest BCUT2D eigenvalue weighted by Crippen LogP contribution is -2.14. The van der Waals surface area contributed by atoms with Gasteiger partial charge in [0, 0.05) is 23.3 Å². The standard InChI is InChI=1S/C14H19NO3S/c1-9-12(6-7-18-9)19-8-10-4-3-5-11(15)13(10)14(16)17-2/h3-5,9,12H,6-8,15H2,1-2H3. The molecule has 2 rings (SSSR count). The number of carbonyl (C=O) groups excluding carboxylic acids is 1. The first-order chi connectivity index (χ1) is 9.13. The molecule has 2 atom stereocenters. The summed E-state index contributed by atoms with van der Waals surface area (Å²) >= 11 is 1.81. The number of benzene rings is 1. The van der Waals surface area contributed by atoms with Gasteiger partial charge in [-0.1, -0.05) is 12.1 Å². The molecular weight excluding hydrogens is 262 g/mol. The van der Waals surface area contributed by atoms with Crippen LogP contribution in [0.15, 0.2) is 18.2 Å². The summed E-state index contributed by atoms with van der Waals surface area (Å²) in [4.78, 5) is 11.8. The van der Waals surface area contributed by atoms with Crippen LogP contribution in [-0.2, 0) is 15.2 Å². The van der Waals surface area contributed by atoms with Crippen molar-refractivity contribution in [3.63, 3.8) is 0 Å². The van der Waals surface area contributed by atoms with Gasteiger partial charge in [-0.15, -0.1) is 0 Å². The minimum Gasteiger partial charge on any atom is -0.465 e. The molecule has 1 aliphatic heterocycles. The highest BCUT2D eigenvalue weighted by Gasteiger charge is 2.25. The van der Waals surface area contributed by atoms with Crippen LogP contribution in [0.5, 0.6) is 0 Å². The SMILES string of the molecule is COC(=O)c1c(N)cccc1CSC1CCOC1C. The lowest BCUT2D eigenvalue weighted by molar-refractivity contribution is 0.0601. The minimum absolute atomic E-state index is 0.271. The van der Waals surface area contributed by atoms with Gasteiger partial charge in [-0.3, -0.25) is 0 Å². The molecule has 104 valence electrons. The molecule has 19 heavy (non-hydrogen) atoms. The van der Waals surface area contributed by atoms with Gasteiger partial charge in [0.05, 0.1) is 18.8 Å². The Hall–Kier alpha value is -1.20. The Bertz CT molecular complexity index is 464. The minimum atomic E-state index is -0.371. The molecule has 0 bridgehead atoms. The maximum Gasteiger partial charge on any atom is 0.340 e. The molecule has 0 saturated carbocycles. The highest BCUT2D eigenvalue weighted by atomic mass is 32.2. The van der Waals surface area contributed by atoms with Crippen molar-refractivity contribution in [1.29, 1.82) is 0 Å². The highest BCUT2D eigenvalue weighted by molar-refractivity contribution is 7.99. The number of hydrogen-bond donors (Lipinski definition) is 1. The number of thioether (sulfide) groups is 1. The average molecular weight is 281 g/mol. The second kappa shape index (κ2) is 6.30. The fourth-order valence-electron chi connectivity index (χ4n) is 2.22. The molecule has 0 radical (unpaired) electrons. The topological polar surface area (TPSA) is 61.5 Å². The summed E-state index contributed by atoms with van der Waals surface area (Å²) < 4.78 is 10.3. The Kier molecular flexibility index (Phi) is 4.71. The largest absolute Gasteiger partial charge is 0.465 e. The summed E-state index contributed by atoms with van der Waals surface area (Å²) in [6.07, 6.45) is 1.33. The van der Waals surface area contributed by atoms with Crippen LogP contribution < -0.4 is 5.73 Å². The Morgan fingerprint density at radius 1 is 1.58 bits per heavy atom. The molecule has 2 unspecified atom stereocenters. The zero-order chi connectivity index (χ0) is 13.8.